The van der Waals surface area contributed by atoms with Gasteiger partial charge in [-0.2, -0.15) is 0 Å². The summed E-state index contributed by atoms with van der Waals surface area (Å²) >= 11 is 0. The summed E-state index contributed by atoms with van der Waals surface area (Å²) in [5.74, 6) is -0.622. The van der Waals surface area contributed by atoms with E-state index in [0.717, 1.165) is 4.68 Å². The van der Waals surface area contributed by atoms with Crippen LogP contribution in [0.3, 0.4) is 0 Å². The number of methoxy groups -OCH3 is 2. The van der Waals surface area contributed by atoms with Crippen LogP contribution < -0.4 is 15.8 Å². The Labute approximate surface area is 132 Å². The number of esters is 1. The van der Waals surface area contributed by atoms with Gasteiger partial charge in [-0.05, 0) is 19.1 Å². The molecule has 1 amide bonds. The Bertz CT molecular complexity index is 728. The lowest BCUT2D eigenvalue weighted by molar-refractivity contribution is -0.119. The number of ether oxygens (including phenoxy) is 2. The number of rotatable bonds is 5. The molecule has 0 saturated heterocycles. The second kappa shape index (κ2) is 6.77. The number of nitrogen functional groups attached to an aromatic ring is 1. The normalized spacial score (nSPS) is 11.6. The van der Waals surface area contributed by atoms with Crippen LogP contribution in [-0.2, 0) is 9.53 Å². The zero-order valence-corrected chi connectivity index (χ0v) is 12.9. The molecule has 1 atom stereocenters. The van der Waals surface area contributed by atoms with Crippen LogP contribution >= 0.6 is 0 Å². The second-order valence-electron chi connectivity index (χ2n) is 4.62. The van der Waals surface area contributed by atoms with Gasteiger partial charge in [-0.15, -0.1) is 5.10 Å². The predicted molar refractivity (Wildman–Crippen MR) is 82.1 cm³/mol. The maximum absolute atomic E-state index is 12.4. The lowest BCUT2D eigenvalue weighted by Crippen LogP contribution is -2.26. The highest BCUT2D eigenvalue weighted by molar-refractivity contribution is 5.96. The van der Waals surface area contributed by atoms with E-state index in [4.69, 9.17) is 10.5 Å². The summed E-state index contributed by atoms with van der Waals surface area (Å²) in [6.07, 6.45) is 0. The molecule has 0 fully saturated rings. The number of aromatic nitrogens is 3. The SMILES string of the molecule is COC(=O)c1nnn(C(C)C(=O)Nc2ccccc2OC)c1N. The summed E-state index contributed by atoms with van der Waals surface area (Å²) in [5.41, 5.74) is 6.18. The molecule has 2 rings (SSSR count). The van der Waals surface area contributed by atoms with Crippen molar-refractivity contribution in [3.63, 3.8) is 0 Å². The standard InChI is InChI=1S/C14H17N5O4/c1-8(19-12(15)11(17-18-19)14(21)23-3)13(20)16-9-6-4-5-7-10(9)22-2/h4-8H,15H2,1-3H3,(H,16,20). The number of amides is 1. The topological polar surface area (TPSA) is 121 Å². The molecule has 0 radical (unpaired) electrons. The molecule has 0 aliphatic carbocycles. The first-order valence-electron chi connectivity index (χ1n) is 6.72. The Morgan fingerprint density at radius 3 is 2.65 bits per heavy atom. The third kappa shape index (κ3) is 3.23. The van der Waals surface area contributed by atoms with Crippen LogP contribution in [0.25, 0.3) is 0 Å². The lowest BCUT2D eigenvalue weighted by Gasteiger charge is -2.15. The number of nitrogens with zero attached hydrogens (tertiary/aromatic N) is 3. The zero-order valence-electron chi connectivity index (χ0n) is 12.9. The quantitative estimate of drug-likeness (QED) is 0.784. The van der Waals surface area contributed by atoms with E-state index in [1.54, 1.807) is 31.2 Å². The number of carbonyl (C=O) groups is 2. The second-order valence-corrected chi connectivity index (χ2v) is 4.62. The molecule has 0 aliphatic heterocycles. The molecule has 1 aromatic carbocycles. The van der Waals surface area contributed by atoms with Gasteiger partial charge >= 0.3 is 5.97 Å². The molecule has 1 unspecified atom stereocenters. The number of para-hydroxylation sites is 2. The van der Waals surface area contributed by atoms with Crippen molar-refractivity contribution in [1.29, 1.82) is 0 Å². The van der Waals surface area contributed by atoms with Gasteiger partial charge in [0.1, 0.15) is 11.8 Å². The molecule has 0 aliphatic rings. The van der Waals surface area contributed by atoms with Crippen LogP contribution in [0.4, 0.5) is 11.5 Å². The number of benzene rings is 1. The minimum atomic E-state index is -0.786. The van der Waals surface area contributed by atoms with Gasteiger partial charge in [0, 0.05) is 0 Å². The first kappa shape index (κ1) is 16.3. The van der Waals surface area contributed by atoms with Crippen molar-refractivity contribution in [3.05, 3.63) is 30.0 Å². The first-order valence-corrected chi connectivity index (χ1v) is 6.72. The third-order valence-corrected chi connectivity index (χ3v) is 3.22. The minimum absolute atomic E-state index is 0.0421. The molecule has 23 heavy (non-hydrogen) atoms. The van der Waals surface area contributed by atoms with Gasteiger partial charge in [-0.25, -0.2) is 9.48 Å². The van der Waals surface area contributed by atoms with Crippen molar-refractivity contribution >= 4 is 23.4 Å². The van der Waals surface area contributed by atoms with E-state index in [-0.39, 0.29) is 17.4 Å². The first-order chi connectivity index (χ1) is 11.0. The molecule has 9 heteroatoms. The average Bonchev–Trinajstić information content (AvgIpc) is 2.95. The molecule has 0 bridgehead atoms. The van der Waals surface area contributed by atoms with Crippen LogP contribution in [0.2, 0.25) is 0 Å². The summed E-state index contributed by atoms with van der Waals surface area (Å²) in [6, 6.07) is 6.19. The number of anilines is 2. The van der Waals surface area contributed by atoms with Crippen molar-refractivity contribution in [2.24, 2.45) is 0 Å². The van der Waals surface area contributed by atoms with E-state index in [1.165, 1.54) is 14.2 Å². The predicted octanol–water partition coefficient (Wildman–Crippen LogP) is 0.855. The summed E-state index contributed by atoms with van der Waals surface area (Å²) in [5, 5.41) is 10.1. The highest BCUT2D eigenvalue weighted by Gasteiger charge is 2.25. The van der Waals surface area contributed by atoms with E-state index in [0.29, 0.717) is 11.4 Å². The largest absolute Gasteiger partial charge is 0.495 e. The maximum atomic E-state index is 12.4. The smallest absolute Gasteiger partial charge is 0.362 e. The number of nitrogens with one attached hydrogen (secondary N) is 1. The summed E-state index contributed by atoms with van der Waals surface area (Å²) < 4.78 is 10.9. The van der Waals surface area contributed by atoms with Crippen LogP contribution in [0.5, 0.6) is 5.75 Å². The number of hydrogen-bond donors (Lipinski definition) is 2. The fourth-order valence-corrected chi connectivity index (χ4v) is 1.93. The fraction of sp³-hybridized carbons (Fsp3) is 0.286. The average molecular weight is 319 g/mol. The molecule has 1 aromatic heterocycles. The molecule has 2 aromatic rings. The highest BCUT2D eigenvalue weighted by atomic mass is 16.5. The van der Waals surface area contributed by atoms with E-state index >= 15 is 0 Å². The van der Waals surface area contributed by atoms with Crippen molar-refractivity contribution in [2.45, 2.75) is 13.0 Å². The Hall–Kier alpha value is -3.10. The monoisotopic (exact) mass is 319 g/mol. The number of nitrogens with two attached hydrogens (primary N) is 1. The van der Waals surface area contributed by atoms with Crippen molar-refractivity contribution in [1.82, 2.24) is 15.0 Å². The Morgan fingerprint density at radius 1 is 1.30 bits per heavy atom. The van der Waals surface area contributed by atoms with Crippen LogP contribution in [-0.4, -0.2) is 41.1 Å². The van der Waals surface area contributed by atoms with Gasteiger partial charge in [0.2, 0.25) is 11.6 Å². The molecule has 3 N–H and O–H groups in total. The Kier molecular flexibility index (Phi) is 4.79. The summed E-state index contributed by atoms with van der Waals surface area (Å²) in [4.78, 5) is 23.8. The number of carbonyl (C=O) groups excluding carboxylic acids is 2. The van der Waals surface area contributed by atoms with E-state index in [2.05, 4.69) is 20.4 Å². The van der Waals surface area contributed by atoms with Gasteiger partial charge in [0.05, 0.1) is 19.9 Å². The Morgan fingerprint density at radius 2 is 2.00 bits per heavy atom. The van der Waals surface area contributed by atoms with Crippen molar-refractivity contribution in [3.8, 4) is 5.75 Å². The molecule has 1 heterocycles. The van der Waals surface area contributed by atoms with Crippen LogP contribution in [0.1, 0.15) is 23.5 Å². The Balaban J connectivity index is 2.20. The fourth-order valence-electron chi connectivity index (χ4n) is 1.93. The molecular formula is C14H17N5O4. The van der Waals surface area contributed by atoms with Crippen molar-refractivity contribution in [2.75, 3.05) is 25.3 Å². The lowest BCUT2D eigenvalue weighted by atomic mass is 10.2. The maximum Gasteiger partial charge on any atom is 0.362 e. The highest BCUT2D eigenvalue weighted by Crippen LogP contribution is 2.24. The van der Waals surface area contributed by atoms with Gasteiger partial charge in [-0.1, -0.05) is 17.3 Å². The van der Waals surface area contributed by atoms with E-state index in [1.807, 2.05) is 0 Å². The van der Waals surface area contributed by atoms with Crippen LogP contribution in [0, 0.1) is 0 Å². The summed E-state index contributed by atoms with van der Waals surface area (Å²) in [6.45, 7) is 1.58. The van der Waals surface area contributed by atoms with Crippen molar-refractivity contribution < 1.29 is 19.1 Å². The molecule has 0 spiro atoms. The molecular weight excluding hydrogens is 302 g/mol. The molecule has 0 saturated carbocycles. The number of hydrogen-bond acceptors (Lipinski definition) is 7. The third-order valence-electron chi connectivity index (χ3n) is 3.22. The summed E-state index contributed by atoms with van der Waals surface area (Å²) in [7, 11) is 2.71. The van der Waals surface area contributed by atoms with E-state index in [9.17, 15) is 9.59 Å². The van der Waals surface area contributed by atoms with Gasteiger partial charge in [0.25, 0.3) is 0 Å². The van der Waals surface area contributed by atoms with Gasteiger partial charge in [-0.3, -0.25) is 4.79 Å². The molecule has 9 nitrogen and oxygen atoms in total. The molecule has 122 valence electrons. The van der Waals surface area contributed by atoms with Crippen LogP contribution in [0.15, 0.2) is 24.3 Å². The van der Waals surface area contributed by atoms with Gasteiger partial charge in [0.15, 0.2) is 5.82 Å². The van der Waals surface area contributed by atoms with E-state index < -0.39 is 12.0 Å². The zero-order chi connectivity index (χ0) is 17.0. The minimum Gasteiger partial charge on any atom is -0.495 e. The van der Waals surface area contributed by atoms with Gasteiger partial charge < -0.3 is 20.5 Å².